The van der Waals surface area contributed by atoms with E-state index >= 15 is 0 Å². The van der Waals surface area contributed by atoms with Gasteiger partial charge in [-0.2, -0.15) is 0 Å². The summed E-state index contributed by atoms with van der Waals surface area (Å²) in [7, 11) is 0. The molecule has 1 aromatic heterocycles. The van der Waals surface area contributed by atoms with Crippen LogP contribution >= 0.6 is 43.5 Å². The third-order valence-electron chi connectivity index (χ3n) is 2.64. The quantitative estimate of drug-likeness (QED) is 0.804. The molecule has 2 rings (SSSR count). The van der Waals surface area contributed by atoms with Gasteiger partial charge in [0.05, 0.1) is 11.7 Å². The normalized spacial score (nSPS) is 12.5. The Morgan fingerprint density at radius 1 is 1.32 bits per heavy atom. The molecule has 0 amide bonds. The van der Waals surface area contributed by atoms with Crippen molar-refractivity contribution in [2.75, 3.05) is 0 Å². The lowest BCUT2D eigenvalue weighted by Crippen LogP contribution is -2.16. The smallest absolute Gasteiger partial charge is 0.126 e. The summed E-state index contributed by atoms with van der Waals surface area (Å²) in [6.07, 6.45) is 1.99. The van der Waals surface area contributed by atoms with Crippen molar-refractivity contribution in [2.45, 2.75) is 12.5 Å². The van der Waals surface area contributed by atoms with E-state index in [-0.39, 0.29) is 5.82 Å². The maximum Gasteiger partial charge on any atom is 0.126 e. The zero-order valence-corrected chi connectivity index (χ0v) is 13.6. The molecule has 2 nitrogen and oxygen atoms in total. The fraction of sp³-hybridized carbons (Fsp3) is 0.154. The van der Waals surface area contributed by atoms with E-state index in [4.69, 9.17) is 17.3 Å². The lowest BCUT2D eigenvalue weighted by Gasteiger charge is -2.14. The van der Waals surface area contributed by atoms with Crippen LogP contribution in [0.5, 0.6) is 0 Å². The summed E-state index contributed by atoms with van der Waals surface area (Å²) in [6.45, 7) is 0. The number of aromatic nitrogens is 1. The number of halogens is 4. The molecular weight excluding hydrogens is 398 g/mol. The van der Waals surface area contributed by atoms with Crippen LogP contribution in [-0.4, -0.2) is 4.98 Å². The Bertz CT molecular complexity index is 607. The average molecular weight is 408 g/mol. The molecule has 0 aliphatic carbocycles. The Morgan fingerprint density at radius 2 is 2.05 bits per heavy atom. The van der Waals surface area contributed by atoms with Gasteiger partial charge in [-0.25, -0.2) is 4.39 Å². The van der Waals surface area contributed by atoms with Gasteiger partial charge in [-0.3, -0.25) is 4.98 Å². The lowest BCUT2D eigenvalue weighted by molar-refractivity contribution is 0.589. The summed E-state index contributed by atoms with van der Waals surface area (Å²) >= 11 is 12.6. The molecule has 0 aliphatic rings. The molecule has 6 heteroatoms. The van der Waals surface area contributed by atoms with E-state index in [0.717, 1.165) is 8.95 Å². The van der Waals surface area contributed by atoms with Crippen LogP contribution in [0.1, 0.15) is 17.3 Å². The summed E-state index contributed by atoms with van der Waals surface area (Å²) in [6, 6.07) is 5.89. The van der Waals surface area contributed by atoms with E-state index in [9.17, 15) is 4.39 Å². The van der Waals surface area contributed by atoms with Crippen LogP contribution in [0.3, 0.4) is 0 Å². The molecule has 2 aromatic rings. The summed E-state index contributed by atoms with van der Waals surface area (Å²) in [5, 5.41) is 0.492. The van der Waals surface area contributed by atoms with Gasteiger partial charge in [0.2, 0.25) is 0 Å². The number of benzene rings is 1. The van der Waals surface area contributed by atoms with E-state index < -0.39 is 6.04 Å². The number of hydrogen-bond donors (Lipinski definition) is 1. The first-order valence-electron chi connectivity index (χ1n) is 5.48. The maximum atomic E-state index is 13.7. The summed E-state index contributed by atoms with van der Waals surface area (Å²) in [5.74, 6) is -0.312. The van der Waals surface area contributed by atoms with E-state index in [1.54, 1.807) is 12.3 Å². The Hall–Kier alpha value is -0.490. The number of nitrogens with two attached hydrogens (primary N) is 1. The van der Waals surface area contributed by atoms with Crippen LogP contribution in [0.15, 0.2) is 39.4 Å². The van der Waals surface area contributed by atoms with Crippen molar-refractivity contribution in [2.24, 2.45) is 5.73 Å². The van der Waals surface area contributed by atoms with Crippen molar-refractivity contribution in [3.8, 4) is 0 Å². The van der Waals surface area contributed by atoms with Crippen molar-refractivity contribution in [3.63, 3.8) is 0 Å². The number of nitrogens with zero attached hydrogens (tertiary/aromatic N) is 1. The summed E-state index contributed by atoms with van der Waals surface area (Å²) < 4.78 is 15.3. The second kappa shape index (κ2) is 6.31. The molecule has 1 heterocycles. The second-order valence-electron chi connectivity index (χ2n) is 4.07. The molecule has 1 unspecified atom stereocenters. The molecule has 0 spiro atoms. The van der Waals surface area contributed by atoms with Gasteiger partial charge in [0.1, 0.15) is 5.82 Å². The van der Waals surface area contributed by atoms with E-state index in [2.05, 4.69) is 36.8 Å². The molecule has 1 aromatic carbocycles. The molecular formula is C13H10Br2ClFN2. The largest absolute Gasteiger partial charge is 0.322 e. The zero-order chi connectivity index (χ0) is 14.0. The van der Waals surface area contributed by atoms with Crippen LogP contribution in [0, 0.1) is 5.82 Å². The molecule has 2 N–H and O–H groups in total. The van der Waals surface area contributed by atoms with Crippen molar-refractivity contribution < 1.29 is 4.39 Å². The molecule has 1 atom stereocenters. The monoisotopic (exact) mass is 406 g/mol. The fourth-order valence-corrected chi connectivity index (χ4v) is 3.21. The lowest BCUT2D eigenvalue weighted by atomic mass is 10.0. The van der Waals surface area contributed by atoms with E-state index in [1.807, 2.05) is 6.07 Å². The predicted molar refractivity (Wildman–Crippen MR) is 81.7 cm³/mol. The molecule has 0 fully saturated rings. The van der Waals surface area contributed by atoms with Crippen molar-refractivity contribution >= 4 is 43.5 Å². The van der Waals surface area contributed by atoms with Crippen molar-refractivity contribution in [1.29, 1.82) is 0 Å². The van der Waals surface area contributed by atoms with Gasteiger partial charge < -0.3 is 5.73 Å². The second-order valence-corrected chi connectivity index (χ2v) is 6.27. The van der Waals surface area contributed by atoms with Gasteiger partial charge in [-0.1, -0.05) is 11.6 Å². The minimum atomic E-state index is -0.407. The molecule has 100 valence electrons. The third kappa shape index (κ3) is 3.75. The molecule has 0 aliphatic heterocycles. The first-order chi connectivity index (χ1) is 8.97. The minimum absolute atomic E-state index is 0.312. The predicted octanol–water partition coefficient (Wildman–Crippen LogP) is 4.64. The Labute approximate surface area is 132 Å². The molecule has 0 saturated heterocycles. The average Bonchev–Trinajstić information content (AvgIpc) is 2.33. The molecule has 0 saturated carbocycles. The van der Waals surface area contributed by atoms with Gasteiger partial charge in [0.25, 0.3) is 0 Å². The highest BCUT2D eigenvalue weighted by molar-refractivity contribution is 9.11. The first-order valence-corrected chi connectivity index (χ1v) is 7.44. The minimum Gasteiger partial charge on any atom is -0.322 e. The van der Waals surface area contributed by atoms with Crippen molar-refractivity contribution in [3.05, 3.63) is 61.5 Å². The summed E-state index contributed by atoms with van der Waals surface area (Å²) in [4.78, 5) is 4.25. The van der Waals surface area contributed by atoms with E-state index in [0.29, 0.717) is 22.7 Å². The van der Waals surface area contributed by atoms with Crippen LogP contribution in [0.2, 0.25) is 5.02 Å². The van der Waals surface area contributed by atoms with Crippen LogP contribution in [-0.2, 0) is 6.42 Å². The Kier molecular flexibility index (Phi) is 4.95. The highest BCUT2D eigenvalue weighted by Gasteiger charge is 2.15. The van der Waals surface area contributed by atoms with Crippen LogP contribution < -0.4 is 5.73 Å². The molecule has 19 heavy (non-hydrogen) atoms. The molecule has 0 bridgehead atoms. The molecule has 0 radical (unpaired) electrons. The van der Waals surface area contributed by atoms with Gasteiger partial charge >= 0.3 is 0 Å². The van der Waals surface area contributed by atoms with E-state index in [1.165, 1.54) is 12.1 Å². The SMILES string of the molecule is NC(Cc1cc(Cl)ccc1F)c1ncc(Br)cc1Br. The van der Waals surface area contributed by atoms with Gasteiger partial charge in [-0.05, 0) is 68.1 Å². The maximum absolute atomic E-state index is 13.7. The standard InChI is InChI=1S/C13H10Br2ClFN2/c14-8-5-10(15)13(19-6-8)12(18)4-7-3-9(16)1-2-11(7)17/h1-3,5-6,12H,4,18H2. The number of hydrogen-bond acceptors (Lipinski definition) is 2. The Morgan fingerprint density at radius 3 is 2.74 bits per heavy atom. The number of rotatable bonds is 3. The van der Waals surface area contributed by atoms with Crippen LogP contribution in [0.25, 0.3) is 0 Å². The summed E-state index contributed by atoms with van der Waals surface area (Å²) in [5.41, 5.74) is 7.25. The van der Waals surface area contributed by atoms with Crippen LogP contribution in [0.4, 0.5) is 4.39 Å². The zero-order valence-electron chi connectivity index (χ0n) is 9.71. The Balaban J connectivity index is 2.25. The number of pyridine rings is 1. The highest BCUT2D eigenvalue weighted by Crippen LogP contribution is 2.26. The first kappa shape index (κ1) is 14.9. The van der Waals surface area contributed by atoms with Gasteiger partial charge in [-0.15, -0.1) is 0 Å². The third-order valence-corrected chi connectivity index (χ3v) is 3.94. The highest BCUT2D eigenvalue weighted by atomic mass is 79.9. The fourth-order valence-electron chi connectivity index (χ4n) is 1.73. The topological polar surface area (TPSA) is 38.9 Å². The van der Waals surface area contributed by atoms with Gasteiger partial charge in [0, 0.05) is 20.2 Å². The van der Waals surface area contributed by atoms with Gasteiger partial charge in [0.15, 0.2) is 0 Å². The van der Waals surface area contributed by atoms with Crippen molar-refractivity contribution in [1.82, 2.24) is 4.98 Å².